The molecule has 20 heavy (non-hydrogen) atoms. The molecular formula is C16H22N2O2. The van der Waals surface area contributed by atoms with Gasteiger partial charge in [-0.3, -0.25) is 9.59 Å². The molecule has 2 rings (SSSR count). The van der Waals surface area contributed by atoms with E-state index in [-0.39, 0.29) is 17.2 Å². The maximum absolute atomic E-state index is 12.2. The Labute approximate surface area is 119 Å². The Morgan fingerprint density at radius 3 is 2.30 bits per heavy atom. The van der Waals surface area contributed by atoms with Crippen LogP contribution in [-0.4, -0.2) is 18.4 Å². The largest absolute Gasteiger partial charge is 0.355 e. The molecule has 2 N–H and O–H groups in total. The van der Waals surface area contributed by atoms with Gasteiger partial charge < -0.3 is 10.6 Å². The molecule has 0 aromatic heterocycles. The molecule has 1 fully saturated rings. The van der Waals surface area contributed by atoms with E-state index in [1.807, 2.05) is 38.1 Å². The third-order valence-corrected chi connectivity index (χ3v) is 3.76. The van der Waals surface area contributed by atoms with Gasteiger partial charge in [-0.05, 0) is 37.0 Å². The van der Waals surface area contributed by atoms with Gasteiger partial charge in [-0.1, -0.05) is 26.0 Å². The molecule has 0 aliphatic heterocycles. The maximum atomic E-state index is 12.2. The molecule has 1 aliphatic carbocycles. The topological polar surface area (TPSA) is 58.2 Å². The Kier molecular flexibility index (Phi) is 4.42. The number of nitrogens with one attached hydrogen (secondary N) is 2. The summed E-state index contributed by atoms with van der Waals surface area (Å²) in [6.45, 7) is 4.59. The molecule has 2 amide bonds. The van der Waals surface area contributed by atoms with Gasteiger partial charge in [-0.25, -0.2) is 0 Å². The fourth-order valence-corrected chi connectivity index (χ4v) is 2.30. The van der Waals surface area contributed by atoms with E-state index >= 15 is 0 Å². The van der Waals surface area contributed by atoms with Crippen molar-refractivity contribution >= 4 is 17.5 Å². The van der Waals surface area contributed by atoms with Crippen molar-refractivity contribution in [2.45, 2.75) is 44.9 Å². The van der Waals surface area contributed by atoms with Crippen LogP contribution in [0.3, 0.4) is 0 Å². The molecule has 108 valence electrons. The highest BCUT2D eigenvalue weighted by molar-refractivity contribution is 5.92. The Balaban J connectivity index is 2.06. The second kappa shape index (κ2) is 6.07. The molecular weight excluding hydrogens is 252 g/mol. The van der Waals surface area contributed by atoms with Crippen LogP contribution in [0.25, 0.3) is 0 Å². The highest BCUT2D eigenvalue weighted by Crippen LogP contribution is 2.48. The summed E-state index contributed by atoms with van der Waals surface area (Å²) in [5.74, 6) is 0.129. The van der Waals surface area contributed by atoms with Gasteiger partial charge >= 0.3 is 0 Å². The van der Waals surface area contributed by atoms with Gasteiger partial charge in [0.1, 0.15) is 0 Å². The van der Waals surface area contributed by atoms with Gasteiger partial charge in [0.25, 0.3) is 0 Å². The molecule has 1 aromatic carbocycles. The van der Waals surface area contributed by atoms with Crippen molar-refractivity contribution in [2.75, 3.05) is 11.9 Å². The van der Waals surface area contributed by atoms with Crippen LogP contribution < -0.4 is 10.6 Å². The first-order valence-electron chi connectivity index (χ1n) is 7.31. The third-order valence-electron chi connectivity index (χ3n) is 3.76. The molecule has 0 bridgehead atoms. The standard InChI is InChI=1S/C16H22N2O2/c1-3-11-17-15(20)16(9-10-16)12-5-7-13(8-6-12)18-14(19)4-2/h5-8H,3-4,9-11H2,1-2H3,(H,17,20)(H,18,19). The van der Waals surface area contributed by atoms with E-state index in [1.165, 1.54) is 0 Å². The van der Waals surface area contributed by atoms with Crippen LogP contribution in [0.15, 0.2) is 24.3 Å². The predicted octanol–water partition coefficient (Wildman–Crippen LogP) is 2.59. The van der Waals surface area contributed by atoms with Gasteiger partial charge in [-0.15, -0.1) is 0 Å². The molecule has 0 heterocycles. The summed E-state index contributed by atoms with van der Waals surface area (Å²) in [7, 11) is 0. The quantitative estimate of drug-likeness (QED) is 0.837. The average Bonchev–Trinajstić information content (AvgIpc) is 3.27. The van der Waals surface area contributed by atoms with Crippen molar-refractivity contribution in [3.8, 4) is 0 Å². The first-order chi connectivity index (χ1) is 9.62. The molecule has 1 saturated carbocycles. The summed E-state index contributed by atoms with van der Waals surface area (Å²) in [6.07, 6.45) is 3.22. The molecule has 0 saturated heterocycles. The number of hydrogen-bond acceptors (Lipinski definition) is 2. The number of benzene rings is 1. The fraction of sp³-hybridized carbons (Fsp3) is 0.500. The molecule has 0 spiro atoms. The zero-order valence-electron chi connectivity index (χ0n) is 12.2. The number of carbonyl (C=O) groups is 2. The fourth-order valence-electron chi connectivity index (χ4n) is 2.30. The Hall–Kier alpha value is -1.84. The molecule has 0 unspecified atom stereocenters. The lowest BCUT2D eigenvalue weighted by Crippen LogP contribution is -2.35. The van der Waals surface area contributed by atoms with E-state index in [9.17, 15) is 9.59 Å². The second-order valence-corrected chi connectivity index (χ2v) is 5.32. The lowest BCUT2D eigenvalue weighted by Gasteiger charge is -2.16. The minimum absolute atomic E-state index is 0.000394. The van der Waals surface area contributed by atoms with Gasteiger partial charge in [0.05, 0.1) is 5.41 Å². The first kappa shape index (κ1) is 14.6. The normalized spacial score (nSPS) is 15.5. The van der Waals surface area contributed by atoms with E-state index in [1.54, 1.807) is 0 Å². The van der Waals surface area contributed by atoms with Crippen LogP contribution in [0.1, 0.15) is 45.1 Å². The zero-order valence-corrected chi connectivity index (χ0v) is 12.2. The van der Waals surface area contributed by atoms with E-state index < -0.39 is 0 Å². The van der Waals surface area contributed by atoms with Gasteiger partial charge in [-0.2, -0.15) is 0 Å². The lowest BCUT2D eigenvalue weighted by molar-refractivity contribution is -0.123. The monoisotopic (exact) mass is 274 g/mol. The van der Waals surface area contributed by atoms with E-state index in [0.29, 0.717) is 6.42 Å². The summed E-state index contributed by atoms with van der Waals surface area (Å²) in [4.78, 5) is 23.5. The number of rotatable bonds is 6. The van der Waals surface area contributed by atoms with Crippen LogP contribution in [-0.2, 0) is 15.0 Å². The Morgan fingerprint density at radius 1 is 1.15 bits per heavy atom. The van der Waals surface area contributed by atoms with Gasteiger partial charge in [0.15, 0.2) is 0 Å². The Bertz CT molecular complexity index is 490. The molecule has 4 heteroatoms. The molecule has 1 aromatic rings. The lowest BCUT2D eigenvalue weighted by atomic mass is 9.94. The van der Waals surface area contributed by atoms with Gasteiger partial charge in [0, 0.05) is 18.7 Å². The highest BCUT2D eigenvalue weighted by Gasteiger charge is 2.50. The summed E-state index contributed by atoms with van der Waals surface area (Å²) >= 11 is 0. The van der Waals surface area contributed by atoms with E-state index in [2.05, 4.69) is 10.6 Å². The minimum atomic E-state index is -0.331. The summed E-state index contributed by atoms with van der Waals surface area (Å²) < 4.78 is 0. The van der Waals surface area contributed by atoms with Crippen molar-refractivity contribution in [3.63, 3.8) is 0 Å². The number of anilines is 1. The number of amides is 2. The van der Waals surface area contributed by atoms with Crippen LogP contribution in [0.5, 0.6) is 0 Å². The van der Waals surface area contributed by atoms with Crippen LogP contribution >= 0.6 is 0 Å². The van der Waals surface area contributed by atoms with Crippen LogP contribution in [0.2, 0.25) is 0 Å². The average molecular weight is 274 g/mol. The molecule has 0 atom stereocenters. The molecule has 0 radical (unpaired) electrons. The minimum Gasteiger partial charge on any atom is -0.355 e. The summed E-state index contributed by atoms with van der Waals surface area (Å²) in [5, 5.41) is 5.80. The Morgan fingerprint density at radius 2 is 1.80 bits per heavy atom. The summed E-state index contributed by atoms with van der Waals surface area (Å²) in [6, 6.07) is 7.64. The van der Waals surface area contributed by atoms with Crippen molar-refractivity contribution in [3.05, 3.63) is 29.8 Å². The molecule has 1 aliphatic rings. The van der Waals surface area contributed by atoms with Crippen LogP contribution in [0.4, 0.5) is 5.69 Å². The second-order valence-electron chi connectivity index (χ2n) is 5.32. The van der Waals surface area contributed by atoms with E-state index in [4.69, 9.17) is 0 Å². The van der Waals surface area contributed by atoms with Crippen molar-refractivity contribution in [1.29, 1.82) is 0 Å². The predicted molar refractivity (Wildman–Crippen MR) is 79.6 cm³/mol. The van der Waals surface area contributed by atoms with Crippen molar-refractivity contribution < 1.29 is 9.59 Å². The van der Waals surface area contributed by atoms with Gasteiger partial charge in [0.2, 0.25) is 11.8 Å². The smallest absolute Gasteiger partial charge is 0.230 e. The van der Waals surface area contributed by atoms with E-state index in [0.717, 1.165) is 37.1 Å². The molecule has 4 nitrogen and oxygen atoms in total. The van der Waals surface area contributed by atoms with Crippen molar-refractivity contribution in [1.82, 2.24) is 5.32 Å². The highest BCUT2D eigenvalue weighted by atomic mass is 16.2. The SMILES string of the molecule is CCCNC(=O)C1(c2ccc(NC(=O)CC)cc2)CC1. The first-order valence-corrected chi connectivity index (χ1v) is 7.31. The van der Waals surface area contributed by atoms with Crippen molar-refractivity contribution in [2.24, 2.45) is 0 Å². The number of carbonyl (C=O) groups excluding carboxylic acids is 2. The zero-order chi connectivity index (χ0) is 14.6. The van der Waals surface area contributed by atoms with Crippen LogP contribution in [0, 0.1) is 0 Å². The third kappa shape index (κ3) is 3.00. The summed E-state index contributed by atoms with van der Waals surface area (Å²) in [5.41, 5.74) is 1.49. The number of hydrogen-bond donors (Lipinski definition) is 2. The maximum Gasteiger partial charge on any atom is 0.230 e.